The number of hydrogen-bond acceptors (Lipinski definition) is 5. The zero-order chi connectivity index (χ0) is 44.9. The van der Waals surface area contributed by atoms with E-state index in [-0.39, 0.29) is 25.2 Å². The van der Waals surface area contributed by atoms with E-state index in [2.05, 4.69) is 93.7 Å². The lowest BCUT2D eigenvalue weighted by atomic mass is 10.1. The van der Waals surface area contributed by atoms with Crippen LogP contribution < -0.4 is 0 Å². The van der Waals surface area contributed by atoms with Gasteiger partial charge in [0.1, 0.15) is 6.61 Å². The van der Waals surface area contributed by atoms with Gasteiger partial charge < -0.3 is 14.2 Å². The zero-order valence-corrected chi connectivity index (χ0v) is 41.1. The summed E-state index contributed by atoms with van der Waals surface area (Å²) in [6.45, 7) is 7.68. The van der Waals surface area contributed by atoms with Crippen LogP contribution >= 0.6 is 0 Å². The molecule has 0 aliphatic rings. The van der Waals surface area contributed by atoms with Crippen LogP contribution in [0.3, 0.4) is 0 Å². The standard InChI is InChI=1S/C57H100O5/c1-4-7-10-13-16-19-22-25-27-29-31-33-35-38-41-44-47-50-56(58)61-54-55(53-60-52-49-46-43-40-37-24-21-18-15-12-9-6-3)62-57(59)51-48-45-42-39-36-34-32-30-28-26-23-20-17-14-11-8-5-2/h7,10,16-17,19-20,25-28,31,33,55H,4-6,8-9,11-15,18,21-24,29-30,32,34-54H2,1-3H3/b10-7-,19-16-,20-17-,27-25-,28-26-,33-31-. The molecule has 0 aliphatic heterocycles. The third-order valence-corrected chi connectivity index (χ3v) is 11.2. The van der Waals surface area contributed by atoms with Crippen molar-refractivity contribution in [2.75, 3.05) is 19.8 Å². The summed E-state index contributed by atoms with van der Waals surface area (Å²) in [4.78, 5) is 25.4. The Labute approximate surface area is 385 Å². The Balaban J connectivity index is 4.31. The van der Waals surface area contributed by atoms with Gasteiger partial charge in [0.2, 0.25) is 0 Å². The van der Waals surface area contributed by atoms with Crippen molar-refractivity contribution in [2.45, 2.75) is 258 Å². The smallest absolute Gasteiger partial charge is 0.306 e. The van der Waals surface area contributed by atoms with Gasteiger partial charge in [-0.05, 0) is 89.9 Å². The molecule has 62 heavy (non-hydrogen) atoms. The molecule has 5 heteroatoms. The highest BCUT2D eigenvalue weighted by Gasteiger charge is 2.17. The van der Waals surface area contributed by atoms with Crippen molar-refractivity contribution in [1.82, 2.24) is 0 Å². The Morgan fingerprint density at radius 3 is 1.19 bits per heavy atom. The summed E-state index contributed by atoms with van der Waals surface area (Å²) in [6, 6.07) is 0. The molecule has 0 aromatic heterocycles. The highest BCUT2D eigenvalue weighted by atomic mass is 16.6. The second kappa shape index (κ2) is 52.7. The number of carbonyl (C=O) groups is 2. The Morgan fingerprint density at radius 2 is 0.726 bits per heavy atom. The average molecular weight is 865 g/mol. The first-order chi connectivity index (χ1) is 30.6. The van der Waals surface area contributed by atoms with Crippen molar-refractivity contribution in [1.29, 1.82) is 0 Å². The molecule has 0 amide bonds. The summed E-state index contributed by atoms with van der Waals surface area (Å²) < 4.78 is 17.4. The maximum atomic E-state index is 12.8. The molecule has 5 nitrogen and oxygen atoms in total. The highest BCUT2D eigenvalue weighted by molar-refractivity contribution is 5.70. The molecule has 1 atom stereocenters. The molecule has 0 saturated carbocycles. The lowest BCUT2D eigenvalue weighted by molar-refractivity contribution is -0.163. The van der Waals surface area contributed by atoms with Crippen molar-refractivity contribution in [2.24, 2.45) is 0 Å². The number of rotatable bonds is 48. The van der Waals surface area contributed by atoms with E-state index in [1.54, 1.807) is 0 Å². The van der Waals surface area contributed by atoms with Crippen molar-refractivity contribution in [3.05, 3.63) is 72.9 Å². The maximum absolute atomic E-state index is 12.8. The van der Waals surface area contributed by atoms with Crippen LogP contribution in [0.5, 0.6) is 0 Å². The van der Waals surface area contributed by atoms with E-state index in [4.69, 9.17) is 14.2 Å². The molecular weight excluding hydrogens is 765 g/mol. The van der Waals surface area contributed by atoms with Gasteiger partial charge in [-0.15, -0.1) is 0 Å². The first-order valence-corrected chi connectivity index (χ1v) is 26.5. The van der Waals surface area contributed by atoms with E-state index in [0.717, 1.165) is 96.3 Å². The van der Waals surface area contributed by atoms with Crippen LogP contribution in [0.2, 0.25) is 0 Å². The molecule has 358 valence electrons. The first kappa shape index (κ1) is 59.3. The number of carbonyl (C=O) groups excluding carboxylic acids is 2. The highest BCUT2D eigenvalue weighted by Crippen LogP contribution is 2.14. The SMILES string of the molecule is CC/C=C\C/C=C\C/C=C\C/C=C\CCCCCCC(=O)OCC(COCCCCCCCCCCCCCC)OC(=O)CCCCCCCCC/C=C\C/C=C\CCCCC. The van der Waals surface area contributed by atoms with Crippen LogP contribution in [-0.4, -0.2) is 37.9 Å². The molecule has 0 rings (SSSR count). The van der Waals surface area contributed by atoms with Crippen molar-refractivity contribution >= 4 is 11.9 Å². The van der Waals surface area contributed by atoms with Crippen LogP contribution in [-0.2, 0) is 23.8 Å². The predicted molar refractivity (Wildman–Crippen MR) is 270 cm³/mol. The third kappa shape index (κ3) is 50.0. The van der Waals surface area contributed by atoms with Crippen LogP contribution in [0, 0.1) is 0 Å². The normalized spacial score (nSPS) is 12.8. The van der Waals surface area contributed by atoms with Crippen molar-refractivity contribution in [3.8, 4) is 0 Å². The molecule has 0 bridgehead atoms. The van der Waals surface area contributed by atoms with Gasteiger partial charge in [-0.25, -0.2) is 0 Å². The van der Waals surface area contributed by atoms with E-state index in [0.29, 0.717) is 19.4 Å². The van der Waals surface area contributed by atoms with E-state index < -0.39 is 6.10 Å². The van der Waals surface area contributed by atoms with E-state index in [9.17, 15) is 9.59 Å². The topological polar surface area (TPSA) is 61.8 Å². The Kier molecular flexibility index (Phi) is 50.4. The molecule has 0 spiro atoms. The largest absolute Gasteiger partial charge is 0.462 e. The minimum atomic E-state index is -0.550. The lowest BCUT2D eigenvalue weighted by Crippen LogP contribution is -2.30. The molecule has 0 heterocycles. The van der Waals surface area contributed by atoms with Crippen LogP contribution in [0.1, 0.15) is 252 Å². The fourth-order valence-electron chi connectivity index (χ4n) is 7.30. The summed E-state index contributed by atoms with van der Waals surface area (Å²) in [6.07, 6.45) is 67.6. The van der Waals surface area contributed by atoms with Gasteiger partial charge in [-0.1, -0.05) is 222 Å². The second-order valence-corrected chi connectivity index (χ2v) is 17.4. The Bertz CT molecular complexity index is 1110. The first-order valence-electron chi connectivity index (χ1n) is 26.5. The van der Waals surface area contributed by atoms with Gasteiger partial charge in [-0.2, -0.15) is 0 Å². The average Bonchev–Trinajstić information content (AvgIpc) is 3.27. The van der Waals surface area contributed by atoms with Crippen LogP contribution in [0.15, 0.2) is 72.9 Å². The quantitative estimate of drug-likeness (QED) is 0.0346. The van der Waals surface area contributed by atoms with Crippen LogP contribution in [0.4, 0.5) is 0 Å². The molecule has 0 N–H and O–H groups in total. The van der Waals surface area contributed by atoms with Crippen molar-refractivity contribution < 1.29 is 23.8 Å². The summed E-state index contributed by atoms with van der Waals surface area (Å²) in [5.74, 6) is -0.428. The maximum Gasteiger partial charge on any atom is 0.306 e. The number of allylic oxidation sites excluding steroid dienone is 12. The number of unbranched alkanes of at least 4 members (excludes halogenated alkanes) is 25. The number of esters is 2. The number of hydrogen-bond donors (Lipinski definition) is 0. The van der Waals surface area contributed by atoms with Gasteiger partial charge in [0.15, 0.2) is 6.10 Å². The molecular formula is C57H100O5. The van der Waals surface area contributed by atoms with E-state index in [1.807, 2.05) is 0 Å². The summed E-state index contributed by atoms with van der Waals surface area (Å²) in [5, 5.41) is 0. The fraction of sp³-hybridized carbons (Fsp3) is 0.754. The minimum Gasteiger partial charge on any atom is -0.462 e. The molecule has 0 fully saturated rings. The van der Waals surface area contributed by atoms with Gasteiger partial charge in [-0.3, -0.25) is 9.59 Å². The van der Waals surface area contributed by atoms with Gasteiger partial charge in [0, 0.05) is 19.4 Å². The Hall–Kier alpha value is -2.66. The summed E-state index contributed by atoms with van der Waals surface area (Å²) in [7, 11) is 0. The zero-order valence-electron chi connectivity index (χ0n) is 41.1. The monoisotopic (exact) mass is 865 g/mol. The molecule has 0 saturated heterocycles. The molecule has 0 aliphatic carbocycles. The second-order valence-electron chi connectivity index (χ2n) is 17.4. The lowest BCUT2D eigenvalue weighted by Gasteiger charge is -2.18. The fourth-order valence-corrected chi connectivity index (χ4v) is 7.30. The van der Waals surface area contributed by atoms with Gasteiger partial charge in [0.25, 0.3) is 0 Å². The molecule has 0 radical (unpaired) electrons. The van der Waals surface area contributed by atoms with Gasteiger partial charge >= 0.3 is 11.9 Å². The van der Waals surface area contributed by atoms with Crippen LogP contribution in [0.25, 0.3) is 0 Å². The summed E-state index contributed by atoms with van der Waals surface area (Å²) >= 11 is 0. The summed E-state index contributed by atoms with van der Waals surface area (Å²) in [5.41, 5.74) is 0. The predicted octanol–water partition coefficient (Wildman–Crippen LogP) is 17.9. The Morgan fingerprint density at radius 1 is 0.371 bits per heavy atom. The van der Waals surface area contributed by atoms with Gasteiger partial charge in [0.05, 0.1) is 6.61 Å². The minimum absolute atomic E-state index is 0.0692. The number of ether oxygens (including phenoxy) is 3. The van der Waals surface area contributed by atoms with E-state index >= 15 is 0 Å². The molecule has 1 unspecified atom stereocenters. The molecule has 0 aromatic rings. The molecule has 0 aromatic carbocycles. The third-order valence-electron chi connectivity index (χ3n) is 11.2. The van der Waals surface area contributed by atoms with Crippen molar-refractivity contribution in [3.63, 3.8) is 0 Å². The van der Waals surface area contributed by atoms with E-state index in [1.165, 1.54) is 122 Å².